The van der Waals surface area contributed by atoms with Crippen LogP contribution in [-0.4, -0.2) is 18.9 Å². The Balaban J connectivity index is 2.30. The van der Waals surface area contributed by atoms with Crippen molar-refractivity contribution in [3.63, 3.8) is 0 Å². The monoisotopic (exact) mass is 333 g/mol. The number of piperidine rings is 1. The molecule has 4 heteroatoms. The zero-order valence-electron chi connectivity index (χ0n) is 8.83. The molecule has 2 rings (SSSR count). The molecule has 1 unspecified atom stereocenters. The van der Waals surface area contributed by atoms with Gasteiger partial charge in [0.2, 0.25) is 0 Å². The second kappa shape index (κ2) is 5.12. The van der Waals surface area contributed by atoms with Gasteiger partial charge in [0.15, 0.2) is 0 Å². The predicted octanol–water partition coefficient (Wildman–Crippen LogP) is 2.99. The summed E-state index contributed by atoms with van der Waals surface area (Å²) in [4.78, 5) is 12.8. The van der Waals surface area contributed by atoms with Crippen LogP contribution in [0.5, 0.6) is 0 Å². The molecular weight excluding hydrogens is 320 g/mol. The van der Waals surface area contributed by atoms with Gasteiger partial charge in [-0.05, 0) is 60.1 Å². The van der Waals surface area contributed by atoms with Crippen molar-refractivity contribution in [2.45, 2.75) is 25.3 Å². The van der Waals surface area contributed by atoms with E-state index in [2.05, 4.69) is 22.6 Å². The summed E-state index contributed by atoms with van der Waals surface area (Å²) in [6.07, 6.45) is 3.83. The maximum absolute atomic E-state index is 13.8. The van der Waals surface area contributed by atoms with Crippen LogP contribution in [0.2, 0.25) is 0 Å². The van der Waals surface area contributed by atoms with Gasteiger partial charge in [0, 0.05) is 10.1 Å². The normalized spacial score (nSPS) is 20.9. The zero-order valence-corrected chi connectivity index (χ0v) is 11.0. The summed E-state index contributed by atoms with van der Waals surface area (Å²) in [6.45, 7) is 0.765. The molecule has 0 saturated carbocycles. The fourth-order valence-corrected chi connectivity index (χ4v) is 2.57. The average molecular weight is 333 g/mol. The minimum absolute atomic E-state index is 0.164. The number of halogens is 2. The second-order valence-corrected chi connectivity index (χ2v) is 5.23. The van der Waals surface area contributed by atoms with Crippen LogP contribution >= 0.6 is 22.6 Å². The largest absolute Gasteiger partial charge is 0.359 e. The Morgan fingerprint density at radius 3 is 2.94 bits per heavy atom. The lowest BCUT2D eigenvalue weighted by Gasteiger charge is -2.34. The molecule has 0 radical (unpaired) electrons. The number of hydrogen-bond donors (Lipinski definition) is 0. The lowest BCUT2D eigenvalue weighted by Crippen LogP contribution is -2.41. The van der Waals surface area contributed by atoms with Gasteiger partial charge in [-0.3, -0.25) is 0 Å². The third-order valence-corrected chi connectivity index (χ3v) is 3.60. The van der Waals surface area contributed by atoms with E-state index in [1.54, 1.807) is 6.07 Å². The summed E-state index contributed by atoms with van der Waals surface area (Å²) >= 11 is 2.08. The standard InChI is InChI=1S/C12H13FINO/c13-11-7-9(14)4-5-12(11)15-6-2-1-3-10(15)8-16/h4-5,7-8,10H,1-3,6H2. The molecule has 0 spiro atoms. The molecule has 0 aliphatic carbocycles. The van der Waals surface area contributed by atoms with Crippen LogP contribution in [-0.2, 0) is 4.79 Å². The van der Waals surface area contributed by atoms with E-state index in [9.17, 15) is 9.18 Å². The Morgan fingerprint density at radius 2 is 2.25 bits per heavy atom. The third kappa shape index (κ3) is 2.36. The molecule has 1 aromatic rings. The maximum atomic E-state index is 13.8. The number of rotatable bonds is 2. The van der Waals surface area contributed by atoms with Crippen molar-refractivity contribution in [1.29, 1.82) is 0 Å². The SMILES string of the molecule is O=CC1CCCCN1c1ccc(I)cc1F. The van der Waals surface area contributed by atoms with Gasteiger partial charge >= 0.3 is 0 Å². The summed E-state index contributed by atoms with van der Waals surface area (Å²) < 4.78 is 14.7. The van der Waals surface area contributed by atoms with Crippen molar-refractivity contribution < 1.29 is 9.18 Å². The van der Waals surface area contributed by atoms with Crippen molar-refractivity contribution in [2.75, 3.05) is 11.4 Å². The van der Waals surface area contributed by atoms with E-state index in [0.717, 1.165) is 35.7 Å². The van der Waals surface area contributed by atoms with Crippen molar-refractivity contribution in [2.24, 2.45) is 0 Å². The molecule has 0 N–H and O–H groups in total. The van der Waals surface area contributed by atoms with Crippen LogP contribution < -0.4 is 4.90 Å². The van der Waals surface area contributed by atoms with E-state index in [1.165, 1.54) is 6.07 Å². The van der Waals surface area contributed by atoms with Crippen LogP contribution in [0.25, 0.3) is 0 Å². The number of aldehydes is 1. The first-order valence-electron chi connectivity index (χ1n) is 5.39. The number of nitrogens with zero attached hydrogens (tertiary/aromatic N) is 1. The highest BCUT2D eigenvalue weighted by Crippen LogP contribution is 2.27. The van der Waals surface area contributed by atoms with E-state index < -0.39 is 0 Å². The molecule has 1 aromatic carbocycles. The Kier molecular flexibility index (Phi) is 3.78. The van der Waals surface area contributed by atoms with Crippen molar-refractivity contribution >= 4 is 34.6 Å². The van der Waals surface area contributed by atoms with Crippen LogP contribution in [0.4, 0.5) is 10.1 Å². The molecule has 1 fully saturated rings. The summed E-state index contributed by atoms with van der Waals surface area (Å²) in [5, 5.41) is 0. The van der Waals surface area contributed by atoms with Crippen LogP contribution in [0.3, 0.4) is 0 Å². The van der Waals surface area contributed by atoms with Gasteiger partial charge in [-0.2, -0.15) is 0 Å². The molecule has 86 valence electrons. The van der Waals surface area contributed by atoms with E-state index in [1.807, 2.05) is 11.0 Å². The Bertz CT molecular complexity index is 397. The number of benzene rings is 1. The highest BCUT2D eigenvalue weighted by molar-refractivity contribution is 14.1. The van der Waals surface area contributed by atoms with Crippen LogP contribution in [0.1, 0.15) is 19.3 Å². The minimum atomic E-state index is -0.236. The fourth-order valence-electron chi connectivity index (χ4n) is 2.11. The van der Waals surface area contributed by atoms with Crippen molar-refractivity contribution in [1.82, 2.24) is 0 Å². The fraction of sp³-hybridized carbons (Fsp3) is 0.417. The molecule has 1 aliphatic heterocycles. The molecule has 2 nitrogen and oxygen atoms in total. The number of hydrogen-bond acceptors (Lipinski definition) is 2. The van der Waals surface area contributed by atoms with Gasteiger partial charge in [-0.25, -0.2) is 4.39 Å². The van der Waals surface area contributed by atoms with Gasteiger partial charge < -0.3 is 9.69 Å². The highest BCUT2D eigenvalue weighted by atomic mass is 127. The van der Waals surface area contributed by atoms with Gasteiger partial charge in [-0.1, -0.05) is 0 Å². The van der Waals surface area contributed by atoms with E-state index in [4.69, 9.17) is 0 Å². The van der Waals surface area contributed by atoms with E-state index >= 15 is 0 Å². The Hall–Kier alpha value is -0.650. The van der Waals surface area contributed by atoms with E-state index in [0.29, 0.717) is 5.69 Å². The summed E-state index contributed by atoms with van der Waals surface area (Å²) in [7, 11) is 0. The molecule has 1 aliphatic rings. The van der Waals surface area contributed by atoms with Gasteiger partial charge in [0.1, 0.15) is 12.1 Å². The molecule has 1 heterocycles. The first-order chi connectivity index (χ1) is 7.72. The molecule has 1 saturated heterocycles. The molecule has 0 aromatic heterocycles. The Labute approximate surface area is 108 Å². The van der Waals surface area contributed by atoms with Crippen molar-refractivity contribution in [3.8, 4) is 0 Å². The quantitative estimate of drug-likeness (QED) is 0.613. The lowest BCUT2D eigenvalue weighted by atomic mass is 10.0. The number of anilines is 1. The summed E-state index contributed by atoms with van der Waals surface area (Å²) in [5.41, 5.74) is 0.553. The van der Waals surface area contributed by atoms with E-state index in [-0.39, 0.29) is 11.9 Å². The molecule has 16 heavy (non-hydrogen) atoms. The maximum Gasteiger partial charge on any atom is 0.147 e. The van der Waals surface area contributed by atoms with Gasteiger partial charge in [-0.15, -0.1) is 0 Å². The van der Waals surface area contributed by atoms with Crippen LogP contribution in [0.15, 0.2) is 18.2 Å². The smallest absolute Gasteiger partial charge is 0.147 e. The van der Waals surface area contributed by atoms with Crippen LogP contribution in [0, 0.1) is 9.39 Å². The predicted molar refractivity (Wildman–Crippen MR) is 70.2 cm³/mol. The molecule has 0 bridgehead atoms. The van der Waals surface area contributed by atoms with Gasteiger partial charge in [0.05, 0.1) is 11.7 Å². The third-order valence-electron chi connectivity index (χ3n) is 2.93. The first-order valence-corrected chi connectivity index (χ1v) is 6.47. The highest BCUT2D eigenvalue weighted by Gasteiger charge is 2.24. The zero-order chi connectivity index (χ0) is 11.5. The lowest BCUT2D eigenvalue weighted by molar-refractivity contribution is -0.109. The minimum Gasteiger partial charge on any atom is -0.359 e. The second-order valence-electron chi connectivity index (χ2n) is 3.99. The average Bonchev–Trinajstić information content (AvgIpc) is 2.29. The summed E-state index contributed by atoms with van der Waals surface area (Å²) in [5.74, 6) is -0.236. The topological polar surface area (TPSA) is 20.3 Å². The van der Waals surface area contributed by atoms with Gasteiger partial charge in [0.25, 0.3) is 0 Å². The molecular formula is C12H13FINO. The number of carbonyl (C=O) groups excluding carboxylic acids is 1. The Morgan fingerprint density at radius 1 is 1.44 bits per heavy atom. The van der Waals surface area contributed by atoms with Crippen molar-refractivity contribution in [3.05, 3.63) is 27.6 Å². The molecule has 0 amide bonds. The molecule has 1 atom stereocenters. The first kappa shape index (κ1) is 11.8. The summed E-state index contributed by atoms with van der Waals surface area (Å²) in [6, 6.07) is 4.98. The number of carbonyl (C=O) groups is 1.